The first kappa shape index (κ1) is 11.0. The maximum atomic E-state index is 7.39. The van der Waals surface area contributed by atoms with Gasteiger partial charge in [0.2, 0.25) is 0 Å². The van der Waals surface area contributed by atoms with Crippen LogP contribution < -0.4 is 5.73 Å². The molecule has 1 aromatic carbocycles. The molecule has 1 aliphatic rings. The van der Waals surface area contributed by atoms with Gasteiger partial charge in [-0.1, -0.05) is 18.2 Å². The van der Waals surface area contributed by atoms with Gasteiger partial charge in [-0.25, -0.2) is 0 Å². The van der Waals surface area contributed by atoms with Crippen LogP contribution in [-0.4, -0.2) is 17.9 Å². The number of guanidine groups is 1. The number of nitrogens with zero attached hydrogens (tertiary/aromatic N) is 1. The smallest absolute Gasteiger partial charge is 0.188 e. The molecule has 0 amide bonds. The van der Waals surface area contributed by atoms with Gasteiger partial charge >= 0.3 is 0 Å². The molecule has 0 saturated carbocycles. The zero-order valence-corrected chi connectivity index (χ0v) is 9.79. The predicted octanol–water partition coefficient (Wildman–Crippen LogP) is 1.89. The second-order valence-corrected chi connectivity index (χ2v) is 4.50. The van der Waals surface area contributed by atoms with Gasteiger partial charge in [-0.15, -0.1) is 0 Å². The zero-order chi connectivity index (χ0) is 11.5. The summed E-state index contributed by atoms with van der Waals surface area (Å²) in [5.74, 6) is 0.133. The standard InChI is InChI=1S/C13H19N3/c1-16(13(14)15)9-11-7-4-6-10-5-2-3-8-12(10)11/h4,6-7H,2-3,5,8-9H2,1H3,(H3,14,15). The second kappa shape index (κ2) is 4.56. The molecule has 0 atom stereocenters. The van der Waals surface area contributed by atoms with E-state index in [-0.39, 0.29) is 5.96 Å². The summed E-state index contributed by atoms with van der Waals surface area (Å²) in [7, 11) is 1.87. The highest BCUT2D eigenvalue weighted by Crippen LogP contribution is 2.25. The van der Waals surface area contributed by atoms with Crippen molar-refractivity contribution in [3.8, 4) is 0 Å². The molecule has 86 valence electrons. The Kier molecular flexibility index (Phi) is 3.13. The van der Waals surface area contributed by atoms with Crippen molar-refractivity contribution in [2.24, 2.45) is 5.73 Å². The molecule has 0 saturated heterocycles. The summed E-state index contributed by atoms with van der Waals surface area (Å²) in [5.41, 5.74) is 9.77. The van der Waals surface area contributed by atoms with Gasteiger partial charge in [0.25, 0.3) is 0 Å². The molecule has 0 heterocycles. The molecule has 0 fully saturated rings. The van der Waals surface area contributed by atoms with Crippen LogP contribution >= 0.6 is 0 Å². The van der Waals surface area contributed by atoms with Crippen molar-refractivity contribution in [3.63, 3.8) is 0 Å². The Morgan fingerprint density at radius 1 is 1.38 bits per heavy atom. The van der Waals surface area contributed by atoms with Crippen LogP contribution in [0, 0.1) is 5.41 Å². The molecule has 3 N–H and O–H groups in total. The zero-order valence-electron chi connectivity index (χ0n) is 9.79. The van der Waals surface area contributed by atoms with Gasteiger partial charge in [-0.2, -0.15) is 0 Å². The van der Waals surface area contributed by atoms with E-state index < -0.39 is 0 Å². The molecule has 2 rings (SSSR count). The average Bonchev–Trinajstić information content (AvgIpc) is 2.29. The molecular formula is C13H19N3. The van der Waals surface area contributed by atoms with Crippen molar-refractivity contribution < 1.29 is 0 Å². The van der Waals surface area contributed by atoms with Crippen LogP contribution in [0.15, 0.2) is 18.2 Å². The van der Waals surface area contributed by atoms with Crippen LogP contribution in [0.5, 0.6) is 0 Å². The minimum atomic E-state index is 0.133. The van der Waals surface area contributed by atoms with Crippen LogP contribution in [0.2, 0.25) is 0 Å². The third-order valence-electron chi connectivity index (χ3n) is 3.31. The average molecular weight is 217 g/mol. The lowest BCUT2D eigenvalue weighted by Crippen LogP contribution is -2.32. The highest BCUT2D eigenvalue weighted by atomic mass is 15.2. The van der Waals surface area contributed by atoms with Gasteiger partial charge in [-0.3, -0.25) is 5.41 Å². The number of hydrogen-bond acceptors (Lipinski definition) is 1. The third kappa shape index (κ3) is 2.18. The molecule has 1 aromatic rings. The van der Waals surface area contributed by atoms with Crippen molar-refractivity contribution >= 4 is 5.96 Å². The fourth-order valence-corrected chi connectivity index (χ4v) is 2.35. The second-order valence-electron chi connectivity index (χ2n) is 4.50. The summed E-state index contributed by atoms with van der Waals surface area (Å²) in [6.45, 7) is 0.749. The summed E-state index contributed by atoms with van der Waals surface area (Å²) in [5, 5.41) is 7.39. The van der Waals surface area contributed by atoms with Crippen LogP contribution in [0.25, 0.3) is 0 Å². The predicted molar refractivity (Wildman–Crippen MR) is 66.5 cm³/mol. The van der Waals surface area contributed by atoms with Gasteiger partial charge in [0.1, 0.15) is 0 Å². The van der Waals surface area contributed by atoms with E-state index in [0.29, 0.717) is 0 Å². The van der Waals surface area contributed by atoms with Gasteiger partial charge < -0.3 is 10.6 Å². The number of benzene rings is 1. The lowest BCUT2D eigenvalue weighted by molar-refractivity contribution is 0.486. The highest BCUT2D eigenvalue weighted by molar-refractivity contribution is 5.74. The number of rotatable bonds is 2. The molecule has 0 aliphatic heterocycles. The lowest BCUT2D eigenvalue weighted by atomic mass is 9.88. The minimum Gasteiger partial charge on any atom is -0.370 e. The Balaban J connectivity index is 2.24. The summed E-state index contributed by atoms with van der Waals surface area (Å²) in [6, 6.07) is 6.50. The van der Waals surface area contributed by atoms with E-state index in [1.165, 1.54) is 42.4 Å². The number of aryl methyl sites for hydroxylation is 1. The van der Waals surface area contributed by atoms with Crippen LogP contribution in [0.3, 0.4) is 0 Å². The van der Waals surface area contributed by atoms with Crippen LogP contribution in [0.4, 0.5) is 0 Å². The van der Waals surface area contributed by atoms with E-state index in [0.717, 1.165) is 6.54 Å². The fourth-order valence-electron chi connectivity index (χ4n) is 2.35. The third-order valence-corrected chi connectivity index (χ3v) is 3.31. The van der Waals surface area contributed by atoms with Gasteiger partial charge in [-0.05, 0) is 42.4 Å². The molecule has 0 spiro atoms. The SMILES string of the molecule is CN(Cc1cccc2c1CCCC2)C(=N)N. The number of hydrogen-bond donors (Lipinski definition) is 2. The fraction of sp³-hybridized carbons (Fsp3) is 0.462. The topological polar surface area (TPSA) is 53.1 Å². The molecule has 0 aromatic heterocycles. The van der Waals surface area contributed by atoms with E-state index in [2.05, 4.69) is 18.2 Å². The Bertz CT molecular complexity index is 398. The van der Waals surface area contributed by atoms with Crippen molar-refractivity contribution in [1.29, 1.82) is 5.41 Å². The molecule has 0 bridgehead atoms. The van der Waals surface area contributed by atoms with E-state index in [9.17, 15) is 0 Å². The summed E-state index contributed by atoms with van der Waals surface area (Å²) in [6.07, 6.45) is 4.97. The Hall–Kier alpha value is -1.51. The summed E-state index contributed by atoms with van der Waals surface area (Å²) in [4.78, 5) is 1.78. The van der Waals surface area contributed by atoms with Crippen LogP contribution in [0.1, 0.15) is 29.5 Å². The van der Waals surface area contributed by atoms with Crippen molar-refractivity contribution in [3.05, 3.63) is 34.9 Å². The first-order valence-corrected chi connectivity index (χ1v) is 5.83. The number of fused-ring (bicyclic) bond motifs is 1. The Morgan fingerprint density at radius 2 is 2.12 bits per heavy atom. The van der Waals surface area contributed by atoms with Gasteiger partial charge in [0.15, 0.2) is 5.96 Å². The maximum Gasteiger partial charge on any atom is 0.188 e. The van der Waals surface area contributed by atoms with Crippen molar-refractivity contribution in [2.45, 2.75) is 32.2 Å². The van der Waals surface area contributed by atoms with Gasteiger partial charge in [0, 0.05) is 13.6 Å². The van der Waals surface area contributed by atoms with E-state index in [4.69, 9.17) is 11.1 Å². The Labute approximate surface area is 96.8 Å². The van der Waals surface area contributed by atoms with Crippen molar-refractivity contribution in [2.75, 3.05) is 7.05 Å². The highest BCUT2D eigenvalue weighted by Gasteiger charge is 2.13. The molecule has 1 aliphatic carbocycles. The van der Waals surface area contributed by atoms with E-state index in [1.807, 2.05) is 7.05 Å². The molecule has 3 heteroatoms. The first-order chi connectivity index (χ1) is 7.68. The Morgan fingerprint density at radius 3 is 2.88 bits per heavy atom. The molecule has 0 unspecified atom stereocenters. The lowest BCUT2D eigenvalue weighted by Gasteiger charge is -2.23. The monoisotopic (exact) mass is 217 g/mol. The minimum absolute atomic E-state index is 0.133. The molecule has 3 nitrogen and oxygen atoms in total. The van der Waals surface area contributed by atoms with E-state index >= 15 is 0 Å². The summed E-state index contributed by atoms with van der Waals surface area (Å²) >= 11 is 0. The molecule has 16 heavy (non-hydrogen) atoms. The van der Waals surface area contributed by atoms with E-state index in [1.54, 1.807) is 4.90 Å². The maximum absolute atomic E-state index is 7.39. The quantitative estimate of drug-likeness (QED) is 0.587. The first-order valence-electron chi connectivity index (χ1n) is 5.83. The normalized spacial score (nSPS) is 14.3. The molecule has 0 radical (unpaired) electrons. The number of nitrogens with two attached hydrogens (primary N) is 1. The van der Waals surface area contributed by atoms with Gasteiger partial charge in [0.05, 0.1) is 0 Å². The number of nitrogens with one attached hydrogen (secondary N) is 1. The van der Waals surface area contributed by atoms with Crippen molar-refractivity contribution in [1.82, 2.24) is 4.90 Å². The summed E-state index contributed by atoms with van der Waals surface area (Å²) < 4.78 is 0. The van der Waals surface area contributed by atoms with Crippen LogP contribution in [-0.2, 0) is 19.4 Å². The molecular weight excluding hydrogens is 198 g/mol. The largest absolute Gasteiger partial charge is 0.370 e.